The van der Waals surface area contributed by atoms with Crippen molar-refractivity contribution in [1.29, 1.82) is 0 Å². The maximum absolute atomic E-state index is 14.0. The Morgan fingerprint density at radius 2 is 1.57 bits per heavy atom. The first kappa shape index (κ1) is 30.0. The summed E-state index contributed by atoms with van der Waals surface area (Å²) in [7, 11) is 3.24. The number of benzene rings is 3. The third-order valence-electron chi connectivity index (χ3n) is 7.25. The second-order valence-electron chi connectivity index (χ2n) is 10.2. The van der Waals surface area contributed by atoms with Crippen LogP contribution in [0.3, 0.4) is 0 Å². The van der Waals surface area contributed by atoms with Gasteiger partial charge in [0.2, 0.25) is 0 Å². The molecular weight excluding hydrogens is 582 g/mol. The molecule has 3 aromatic carbocycles. The van der Waals surface area contributed by atoms with Crippen molar-refractivity contribution in [2.24, 2.45) is 0 Å². The Hall–Kier alpha value is -3.46. The molecular formula is C32H33Cl2FN2O5. The first-order chi connectivity index (χ1) is 20.4. The fraction of sp³-hybridized carbons (Fsp3) is 0.344. The number of amides is 1. The molecule has 5 rings (SSSR count). The average Bonchev–Trinajstić information content (AvgIpc) is 3.84. The van der Waals surface area contributed by atoms with Gasteiger partial charge < -0.3 is 29.2 Å². The van der Waals surface area contributed by atoms with Gasteiger partial charge in [-0.25, -0.2) is 4.39 Å². The quantitative estimate of drug-likeness (QED) is 0.233. The lowest BCUT2D eigenvalue weighted by Gasteiger charge is -2.28. The molecule has 222 valence electrons. The first-order valence-corrected chi connectivity index (χ1v) is 14.6. The standard InChI is InChI=1S/C32H33Cl2FN2O5/c1-39-25-13-20(14-26(17-25)40-2)19-37(23-5-6-23)32(38)28-18-36-10-9-27(28)21-3-7-24(8-4-21)41-11-12-42-31-29(33)15-22(35)16-30(31)34/h3-4,7-8,13-17,23,36H,5-6,9-12,18-19H2,1-2H3. The van der Waals surface area contributed by atoms with Crippen molar-refractivity contribution >= 4 is 34.7 Å². The Labute approximate surface area is 255 Å². The van der Waals surface area contributed by atoms with Crippen LogP contribution in [0, 0.1) is 5.82 Å². The molecule has 1 heterocycles. The summed E-state index contributed by atoms with van der Waals surface area (Å²) in [6.07, 6.45) is 2.75. The Morgan fingerprint density at radius 3 is 2.19 bits per heavy atom. The summed E-state index contributed by atoms with van der Waals surface area (Å²) in [5, 5.41) is 3.59. The Kier molecular flexibility index (Phi) is 9.77. The normalized spacial score (nSPS) is 14.9. The van der Waals surface area contributed by atoms with Crippen LogP contribution in [-0.2, 0) is 11.3 Å². The summed E-state index contributed by atoms with van der Waals surface area (Å²) in [6.45, 7) is 2.22. The van der Waals surface area contributed by atoms with Crippen molar-refractivity contribution in [1.82, 2.24) is 10.2 Å². The Balaban J connectivity index is 1.27. The highest BCUT2D eigenvalue weighted by molar-refractivity contribution is 6.37. The smallest absolute Gasteiger partial charge is 0.251 e. The van der Waals surface area contributed by atoms with Gasteiger partial charge in [-0.05, 0) is 78.9 Å². The van der Waals surface area contributed by atoms with Crippen LogP contribution in [-0.4, -0.2) is 57.4 Å². The fourth-order valence-electron chi connectivity index (χ4n) is 5.01. The fourth-order valence-corrected chi connectivity index (χ4v) is 5.58. The highest BCUT2D eigenvalue weighted by Gasteiger charge is 2.35. The number of carbonyl (C=O) groups excluding carboxylic acids is 1. The zero-order valence-electron chi connectivity index (χ0n) is 23.6. The molecule has 1 saturated carbocycles. The zero-order chi connectivity index (χ0) is 29.6. The molecule has 3 aromatic rings. The van der Waals surface area contributed by atoms with Crippen LogP contribution in [0.15, 0.2) is 60.2 Å². The average molecular weight is 616 g/mol. The van der Waals surface area contributed by atoms with Gasteiger partial charge >= 0.3 is 0 Å². The lowest BCUT2D eigenvalue weighted by molar-refractivity contribution is -0.128. The lowest BCUT2D eigenvalue weighted by atomic mass is 9.93. The molecule has 7 nitrogen and oxygen atoms in total. The van der Waals surface area contributed by atoms with Crippen molar-refractivity contribution in [2.75, 3.05) is 40.5 Å². The van der Waals surface area contributed by atoms with Gasteiger partial charge in [0.25, 0.3) is 5.91 Å². The SMILES string of the molecule is COc1cc(CN(C(=O)C2=C(c3ccc(OCCOc4c(Cl)cc(F)cc4Cl)cc3)CCNC2)C2CC2)cc(OC)c1. The number of nitrogens with zero attached hydrogens (tertiary/aromatic N) is 1. The highest BCUT2D eigenvalue weighted by Crippen LogP contribution is 2.35. The number of halogens is 3. The van der Waals surface area contributed by atoms with Crippen LogP contribution in [0.5, 0.6) is 23.0 Å². The van der Waals surface area contributed by atoms with E-state index in [9.17, 15) is 9.18 Å². The molecule has 0 radical (unpaired) electrons. The predicted molar refractivity (Wildman–Crippen MR) is 161 cm³/mol. The second kappa shape index (κ2) is 13.7. The van der Waals surface area contributed by atoms with E-state index in [2.05, 4.69) is 5.32 Å². The van der Waals surface area contributed by atoms with E-state index in [0.29, 0.717) is 30.3 Å². The number of hydrogen-bond acceptors (Lipinski definition) is 6. The maximum atomic E-state index is 14.0. The summed E-state index contributed by atoms with van der Waals surface area (Å²) < 4.78 is 35.7. The molecule has 0 spiro atoms. The second-order valence-corrected chi connectivity index (χ2v) is 11.0. The molecule has 0 unspecified atom stereocenters. The summed E-state index contributed by atoms with van der Waals surface area (Å²) in [4.78, 5) is 16.0. The third-order valence-corrected chi connectivity index (χ3v) is 7.81. The molecule has 1 N–H and O–H groups in total. The van der Waals surface area contributed by atoms with Gasteiger partial charge in [-0.1, -0.05) is 35.3 Å². The molecule has 1 aliphatic carbocycles. The molecule has 42 heavy (non-hydrogen) atoms. The van der Waals surface area contributed by atoms with E-state index in [4.69, 9.17) is 42.1 Å². The van der Waals surface area contributed by atoms with Crippen molar-refractivity contribution in [3.63, 3.8) is 0 Å². The number of hydrogen-bond donors (Lipinski definition) is 1. The predicted octanol–water partition coefficient (Wildman–Crippen LogP) is 6.55. The summed E-state index contributed by atoms with van der Waals surface area (Å²) in [6, 6.07) is 16.0. The number of ether oxygens (including phenoxy) is 4. The van der Waals surface area contributed by atoms with Gasteiger partial charge in [0.15, 0.2) is 5.75 Å². The third kappa shape index (κ3) is 7.30. The van der Waals surface area contributed by atoms with E-state index < -0.39 is 5.82 Å². The van der Waals surface area contributed by atoms with E-state index in [1.165, 1.54) is 0 Å². The summed E-state index contributed by atoms with van der Waals surface area (Å²) in [5.41, 5.74) is 3.79. The van der Waals surface area contributed by atoms with Gasteiger partial charge in [0, 0.05) is 30.8 Å². The number of methoxy groups -OCH3 is 2. The van der Waals surface area contributed by atoms with Gasteiger partial charge in [-0.3, -0.25) is 4.79 Å². The van der Waals surface area contributed by atoms with Crippen LogP contribution >= 0.6 is 23.2 Å². The van der Waals surface area contributed by atoms with Gasteiger partial charge in [-0.2, -0.15) is 0 Å². The van der Waals surface area contributed by atoms with E-state index in [0.717, 1.165) is 60.2 Å². The lowest BCUT2D eigenvalue weighted by Crippen LogP contribution is -2.39. The molecule has 0 atom stereocenters. The van der Waals surface area contributed by atoms with Crippen LogP contribution in [0.25, 0.3) is 5.57 Å². The Bertz CT molecular complexity index is 1410. The molecule has 1 fully saturated rings. The monoisotopic (exact) mass is 614 g/mol. The largest absolute Gasteiger partial charge is 0.497 e. The molecule has 1 aliphatic heterocycles. The summed E-state index contributed by atoms with van der Waals surface area (Å²) >= 11 is 12.0. The van der Waals surface area contributed by atoms with Crippen LogP contribution in [0.1, 0.15) is 30.4 Å². The van der Waals surface area contributed by atoms with Crippen LogP contribution in [0.2, 0.25) is 10.0 Å². The van der Waals surface area contributed by atoms with Crippen molar-refractivity contribution in [2.45, 2.75) is 31.8 Å². The molecule has 0 saturated heterocycles. The number of carbonyl (C=O) groups is 1. The minimum Gasteiger partial charge on any atom is -0.497 e. The molecule has 1 amide bonds. The van der Waals surface area contributed by atoms with Crippen molar-refractivity contribution in [3.8, 4) is 23.0 Å². The van der Waals surface area contributed by atoms with E-state index in [-0.39, 0.29) is 41.0 Å². The molecule has 0 bridgehead atoms. The highest BCUT2D eigenvalue weighted by atomic mass is 35.5. The van der Waals surface area contributed by atoms with Crippen molar-refractivity contribution < 1.29 is 28.1 Å². The molecule has 0 aromatic heterocycles. The first-order valence-electron chi connectivity index (χ1n) is 13.8. The topological polar surface area (TPSA) is 69.3 Å². The molecule has 10 heteroatoms. The zero-order valence-corrected chi connectivity index (χ0v) is 25.1. The van der Waals surface area contributed by atoms with E-state index in [1.54, 1.807) is 14.2 Å². The number of nitrogens with one attached hydrogen (secondary N) is 1. The van der Waals surface area contributed by atoms with E-state index >= 15 is 0 Å². The van der Waals surface area contributed by atoms with E-state index in [1.807, 2.05) is 47.4 Å². The Morgan fingerprint density at radius 1 is 0.929 bits per heavy atom. The van der Waals surface area contributed by atoms with Crippen molar-refractivity contribution in [3.05, 3.63) is 87.2 Å². The van der Waals surface area contributed by atoms with Gasteiger partial charge in [0.1, 0.15) is 36.3 Å². The van der Waals surface area contributed by atoms with Gasteiger partial charge in [0.05, 0.1) is 24.3 Å². The minimum absolute atomic E-state index is 0.0528. The van der Waals surface area contributed by atoms with Crippen LogP contribution in [0.4, 0.5) is 4.39 Å². The van der Waals surface area contributed by atoms with Gasteiger partial charge in [-0.15, -0.1) is 0 Å². The number of rotatable bonds is 12. The van der Waals surface area contributed by atoms with Crippen LogP contribution < -0.4 is 24.3 Å². The maximum Gasteiger partial charge on any atom is 0.251 e. The molecule has 2 aliphatic rings. The minimum atomic E-state index is -0.528. The summed E-state index contributed by atoms with van der Waals surface area (Å²) in [5.74, 6) is 1.80.